The van der Waals surface area contributed by atoms with Crippen molar-refractivity contribution in [3.63, 3.8) is 0 Å². The fourth-order valence-corrected chi connectivity index (χ4v) is 2.52. The Bertz CT molecular complexity index is 529. The lowest BCUT2D eigenvalue weighted by Crippen LogP contribution is -2.37. The largest absolute Gasteiger partial charge is 0.460 e. The highest BCUT2D eigenvalue weighted by Crippen LogP contribution is 2.22. The monoisotopic (exact) mass is 245 g/mol. The van der Waals surface area contributed by atoms with Gasteiger partial charge >= 0.3 is 0 Å². The molecule has 3 rings (SSSR count). The highest BCUT2D eigenvalue weighted by molar-refractivity contribution is 5.76. The number of hydrogen-bond donors (Lipinski definition) is 1. The number of hydrogen-bond acceptors (Lipinski definition) is 3. The molecule has 1 N–H and O–H groups in total. The van der Waals surface area contributed by atoms with Crippen LogP contribution in [0.3, 0.4) is 0 Å². The van der Waals surface area contributed by atoms with Crippen molar-refractivity contribution in [3.8, 4) is 6.01 Å². The topological polar surface area (TPSA) is 39.1 Å². The molecule has 0 saturated carbocycles. The minimum atomic E-state index is 0.251. The fourth-order valence-electron chi connectivity index (χ4n) is 2.52. The van der Waals surface area contributed by atoms with E-state index in [9.17, 15) is 0 Å². The SMILES string of the molecule is CCn1c(O[C@H]2CCCNC2)nc2ccccc21. The van der Waals surface area contributed by atoms with E-state index in [2.05, 4.69) is 27.9 Å². The molecule has 1 aromatic heterocycles. The molecule has 18 heavy (non-hydrogen) atoms. The Balaban J connectivity index is 1.90. The summed E-state index contributed by atoms with van der Waals surface area (Å²) >= 11 is 0. The first kappa shape index (κ1) is 11.5. The quantitative estimate of drug-likeness (QED) is 0.901. The van der Waals surface area contributed by atoms with E-state index in [4.69, 9.17) is 4.74 Å². The zero-order valence-corrected chi connectivity index (χ0v) is 10.7. The molecule has 1 atom stereocenters. The van der Waals surface area contributed by atoms with Gasteiger partial charge in [0.15, 0.2) is 0 Å². The molecule has 0 radical (unpaired) electrons. The number of aromatic nitrogens is 2. The molecule has 1 aromatic carbocycles. The number of fused-ring (bicyclic) bond motifs is 1. The average Bonchev–Trinajstić information content (AvgIpc) is 2.77. The lowest BCUT2D eigenvalue weighted by molar-refractivity contribution is 0.148. The Labute approximate surface area is 107 Å². The van der Waals surface area contributed by atoms with Gasteiger partial charge in [-0.15, -0.1) is 0 Å². The highest BCUT2D eigenvalue weighted by Gasteiger charge is 2.18. The normalized spacial score (nSPS) is 20.2. The second-order valence-corrected chi connectivity index (χ2v) is 4.71. The van der Waals surface area contributed by atoms with Gasteiger partial charge in [0.05, 0.1) is 11.0 Å². The standard InChI is InChI=1S/C14H19N3O/c1-2-17-13-8-4-3-7-12(13)16-14(17)18-11-6-5-9-15-10-11/h3-4,7-8,11,15H,2,5-6,9-10H2,1H3/t11-/m0/s1. The Hall–Kier alpha value is -1.55. The summed E-state index contributed by atoms with van der Waals surface area (Å²) in [7, 11) is 0. The van der Waals surface area contributed by atoms with E-state index >= 15 is 0 Å². The molecule has 4 heteroatoms. The molecule has 0 aliphatic carbocycles. The Kier molecular flexibility index (Phi) is 3.19. The van der Waals surface area contributed by atoms with Crippen LogP contribution in [0, 0.1) is 0 Å². The second-order valence-electron chi connectivity index (χ2n) is 4.71. The summed E-state index contributed by atoms with van der Waals surface area (Å²) < 4.78 is 8.19. The third-order valence-corrected chi connectivity index (χ3v) is 3.46. The van der Waals surface area contributed by atoms with Crippen molar-refractivity contribution in [1.82, 2.24) is 14.9 Å². The number of piperidine rings is 1. The zero-order valence-electron chi connectivity index (χ0n) is 10.7. The molecule has 0 bridgehead atoms. The van der Waals surface area contributed by atoms with Gasteiger partial charge in [-0.25, -0.2) is 0 Å². The van der Waals surface area contributed by atoms with Gasteiger partial charge in [0, 0.05) is 13.1 Å². The maximum atomic E-state index is 6.05. The number of rotatable bonds is 3. The maximum Gasteiger partial charge on any atom is 0.297 e. The molecule has 2 heterocycles. The molecule has 1 aliphatic heterocycles. The molecule has 1 saturated heterocycles. The minimum Gasteiger partial charge on any atom is -0.460 e. The molecule has 1 fully saturated rings. The van der Waals surface area contributed by atoms with Gasteiger partial charge in [-0.1, -0.05) is 12.1 Å². The minimum absolute atomic E-state index is 0.251. The van der Waals surface area contributed by atoms with Crippen molar-refractivity contribution >= 4 is 11.0 Å². The maximum absolute atomic E-state index is 6.05. The van der Waals surface area contributed by atoms with Gasteiger partial charge in [0.2, 0.25) is 0 Å². The van der Waals surface area contributed by atoms with Crippen LogP contribution in [0.2, 0.25) is 0 Å². The van der Waals surface area contributed by atoms with Crippen LogP contribution in [0.25, 0.3) is 11.0 Å². The summed E-state index contributed by atoms with van der Waals surface area (Å²) in [5.41, 5.74) is 2.16. The Morgan fingerprint density at radius 3 is 3.11 bits per heavy atom. The van der Waals surface area contributed by atoms with Crippen molar-refractivity contribution < 1.29 is 4.74 Å². The number of ether oxygens (including phenoxy) is 1. The van der Waals surface area contributed by atoms with Crippen molar-refractivity contribution in [2.75, 3.05) is 13.1 Å². The van der Waals surface area contributed by atoms with Gasteiger partial charge in [-0.2, -0.15) is 4.98 Å². The van der Waals surface area contributed by atoms with Crippen LogP contribution in [0.4, 0.5) is 0 Å². The van der Waals surface area contributed by atoms with Crippen LogP contribution in [0.15, 0.2) is 24.3 Å². The first-order chi connectivity index (χ1) is 8.88. The van der Waals surface area contributed by atoms with E-state index in [1.54, 1.807) is 0 Å². The summed E-state index contributed by atoms with van der Waals surface area (Å²) in [6.45, 7) is 5.03. The predicted molar refractivity (Wildman–Crippen MR) is 71.9 cm³/mol. The molecule has 96 valence electrons. The summed E-state index contributed by atoms with van der Waals surface area (Å²) in [4.78, 5) is 4.59. The van der Waals surface area contributed by atoms with Gasteiger partial charge in [0.1, 0.15) is 6.10 Å². The Morgan fingerprint density at radius 2 is 2.33 bits per heavy atom. The Morgan fingerprint density at radius 1 is 1.44 bits per heavy atom. The van der Waals surface area contributed by atoms with Gasteiger partial charge in [-0.3, -0.25) is 4.57 Å². The number of para-hydroxylation sites is 2. The molecule has 4 nitrogen and oxygen atoms in total. The van der Waals surface area contributed by atoms with Crippen LogP contribution >= 0.6 is 0 Å². The van der Waals surface area contributed by atoms with Crippen molar-refractivity contribution in [1.29, 1.82) is 0 Å². The zero-order chi connectivity index (χ0) is 12.4. The molecule has 0 unspecified atom stereocenters. The lowest BCUT2D eigenvalue weighted by Gasteiger charge is -2.23. The van der Waals surface area contributed by atoms with E-state index in [0.29, 0.717) is 0 Å². The average molecular weight is 245 g/mol. The van der Waals surface area contributed by atoms with Crippen molar-refractivity contribution in [3.05, 3.63) is 24.3 Å². The number of nitrogens with one attached hydrogen (secondary N) is 1. The first-order valence-corrected chi connectivity index (χ1v) is 6.71. The summed E-state index contributed by atoms with van der Waals surface area (Å²) in [5.74, 6) is 0. The van der Waals surface area contributed by atoms with Gasteiger partial charge < -0.3 is 10.1 Å². The van der Waals surface area contributed by atoms with Crippen LogP contribution in [-0.2, 0) is 6.54 Å². The molecule has 1 aliphatic rings. The number of imidazole rings is 1. The van der Waals surface area contributed by atoms with E-state index < -0.39 is 0 Å². The smallest absolute Gasteiger partial charge is 0.297 e. The highest BCUT2D eigenvalue weighted by atomic mass is 16.5. The van der Waals surface area contributed by atoms with Crippen molar-refractivity contribution in [2.24, 2.45) is 0 Å². The summed E-state index contributed by atoms with van der Waals surface area (Å²) in [5, 5.41) is 3.36. The number of benzene rings is 1. The number of aryl methyl sites for hydroxylation is 1. The van der Waals surface area contributed by atoms with E-state index in [0.717, 1.165) is 43.1 Å². The third-order valence-electron chi connectivity index (χ3n) is 3.46. The van der Waals surface area contributed by atoms with Crippen LogP contribution in [0.5, 0.6) is 6.01 Å². The van der Waals surface area contributed by atoms with E-state index in [1.165, 1.54) is 6.42 Å². The van der Waals surface area contributed by atoms with Crippen LogP contribution in [0.1, 0.15) is 19.8 Å². The van der Waals surface area contributed by atoms with Crippen LogP contribution in [-0.4, -0.2) is 28.7 Å². The van der Waals surface area contributed by atoms with Gasteiger partial charge in [0.25, 0.3) is 6.01 Å². The lowest BCUT2D eigenvalue weighted by atomic mass is 10.1. The van der Waals surface area contributed by atoms with Gasteiger partial charge in [-0.05, 0) is 38.4 Å². The third kappa shape index (κ3) is 2.08. The summed E-state index contributed by atoms with van der Waals surface area (Å²) in [6.07, 6.45) is 2.54. The number of nitrogens with zero attached hydrogens (tertiary/aromatic N) is 2. The predicted octanol–water partition coefficient (Wildman–Crippen LogP) is 2.19. The van der Waals surface area contributed by atoms with Crippen LogP contribution < -0.4 is 10.1 Å². The second kappa shape index (κ2) is 4.98. The molecular weight excluding hydrogens is 226 g/mol. The first-order valence-electron chi connectivity index (χ1n) is 6.71. The molecular formula is C14H19N3O. The molecule has 2 aromatic rings. The molecule has 0 spiro atoms. The fraction of sp³-hybridized carbons (Fsp3) is 0.500. The van der Waals surface area contributed by atoms with Crippen molar-refractivity contribution in [2.45, 2.75) is 32.4 Å². The molecule has 0 amide bonds. The summed E-state index contributed by atoms with van der Waals surface area (Å²) in [6, 6.07) is 8.95. The van der Waals surface area contributed by atoms with E-state index in [-0.39, 0.29) is 6.10 Å². The van der Waals surface area contributed by atoms with E-state index in [1.807, 2.05) is 18.2 Å².